The van der Waals surface area contributed by atoms with Crippen LogP contribution in [0.3, 0.4) is 0 Å². The van der Waals surface area contributed by atoms with E-state index in [1.54, 1.807) is 0 Å². The fourth-order valence-electron chi connectivity index (χ4n) is 2.02. The van der Waals surface area contributed by atoms with Crippen molar-refractivity contribution in [1.82, 2.24) is 9.97 Å². The minimum atomic E-state index is 0.307. The maximum Gasteiger partial charge on any atom is 0.161 e. The summed E-state index contributed by atoms with van der Waals surface area (Å²) in [6.45, 7) is 0.307. The molecule has 3 rings (SSSR count). The SMILES string of the molecule is CNc1nc2ccccc2nc1C#CCOc1ccccc1. The zero-order chi connectivity index (χ0) is 15.2. The van der Waals surface area contributed by atoms with Gasteiger partial charge in [0.15, 0.2) is 11.5 Å². The Labute approximate surface area is 129 Å². The predicted octanol–water partition coefficient (Wildman–Crippen LogP) is 3.10. The van der Waals surface area contributed by atoms with E-state index in [2.05, 4.69) is 27.1 Å². The van der Waals surface area contributed by atoms with Crippen LogP contribution in [0.15, 0.2) is 54.6 Å². The second-order valence-corrected chi connectivity index (χ2v) is 4.56. The van der Waals surface area contributed by atoms with E-state index in [4.69, 9.17) is 4.74 Å². The third kappa shape index (κ3) is 3.15. The Balaban J connectivity index is 1.80. The van der Waals surface area contributed by atoms with E-state index in [1.807, 2.05) is 61.6 Å². The summed E-state index contributed by atoms with van der Waals surface area (Å²) >= 11 is 0. The molecule has 0 bridgehead atoms. The standard InChI is InChI=1S/C18H15N3O/c1-19-18-17(20-15-10-5-6-11-16(15)21-18)12-7-13-22-14-8-3-2-4-9-14/h2-6,8-11H,13H2,1H3,(H,19,21). The summed E-state index contributed by atoms with van der Waals surface area (Å²) in [4.78, 5) is 9.05. The molecule has 0 aliphatic rings. The van der Waals surface area contributed by atoms with Gasteiger partial charge in [-0.05, 0) is 30.2 Å². The first kappa shape index (κ1) is 13.9. The molecule has 1 N–H and O–H groups in total. The van der Waals surface area contributed by atoms with E-state index in [9.17, 15) is 0 Å². The molecular formula is C18H15N3O. The Morgan fingerprint density at radius 1 is 0.955 bits per heavy atom. The highest BCUT2D eigenvalue weighted by Crippen LogP contribution is 2.15. The van der Waals surface area contributed by atoms with Crippen molar-refractivity contribution in [3.8, 4) is 17.6 Å². The molecule has 4 heteroatoms. The third-order valence-electron chi connectivity index (χ3n) is 3.07. The van der Waals surface area contributed by atoms with Gasteiger partial charge in [0.2, 0.25) is 0 Å². The molecule has 108 valence electrons. The van der Waals surface area contributed by atoms with E-state index >= 15 is 0 Å². The molecule has 1 aromatic heterocycles. The minimum Gasteiger partial charge on any atom is -0.481 e. The molecule has 1 heterocycles. The fourth-order valence-corrected chi connectivity index (χ4v) is 2.02. The lowest BCUT2D eigenvalue weighted by Crippen LogP contribution is -2.00. The Bertz CT molecular complexity index is 835. The number of fused-ring (bicyclic) bond motifs is 1. The molecule has 0 aliphatic carbocycles. The fraction of sp³-hybridized carbons (Fsp3) is 0.111. The largest absolute Gasteiger partial charge is 0.481 e. The highest BCUT2D eigenvalue weighted by atomic mass is 16.5. The molecule has 0 fully saturated rings. The minimum absolute atomic E-state index is 0.307. The van der Waals surface area contributed by atoms with Gasteiger partial charge in [-0.2, -0.15) is 0 Å². The van der Waals surface area contributed by atoms with Crippen molar-refractivity contribution in [2.75, 3.05) is 19.0 Å². The first-order chi connectivity index (χ1) is 10.9. The molecule has 3 aromatic rings. The lowest BCUT2D eigenvalue weighted by molar-refractivity contribution is 0.370. The Kier molecular flexibility index (Phi) is 4.17. The van der Waals surface area contributed by atoms with Crippen LogP contribution >= 0.6 is 0 Å². The topological polar surface area (TPSA) is 47.0 Å². The van der Waals surface area contributed by atoms with Crippen molar-refractivity contribution in [3.05, 3.63) is 60.3 Å². The summed E-state index contributed by atoms with van der Waals surface area (Å²) in [7, 11) is 1.81. The number of ether oxygens (including phenoxy) is 1. The van der Waals surface area contributed by atoms with Gasteiger partial charge in [0, 0.05) is 7.05 Å². The summed E-state index contributed by atoms with van der Waals surface area (Å²) in [5.74, 6) is 7.46. The Morgan fingerprint density at radius 2 is 1.64 bits per heavy atom. The van der Waals surface area contributed by atoms with Crippen molar-refractivity contribution in [2.24, 2.45) is 0 Å². The van der Waals surface area contributed by atoms with Crippen LogP contribution in [0.1, 0.15) is 5.69 Å². The highest BCUT2D eigenvalue weighted by Gasteiger charge is 2.04. The van der Waals surface area contributed by atoms with Gasteiger partial charge in [0.05, 0.1) is 11.0 Å². The van der Waals surface area contributed by atoms with Gasteiger partial charge in [0.1, 0.15) is 12.4 Å². The monoisotopic (exact) mass is 289 g/mol. The van der Waals surface area contributed by atoms with E-state index in [0.29, 0.717) is 18.1 Å². The van der Waals surface area contributed by atoms with Crippen LogP contribution in [0.4, 0.5) is 5.82 Å². The first-order valence-electron chi connectivity index (χ1n) is 6.98. The number of hydrogen-bond donors (Lipinski definition) is 1. The van der Waals surface area contributed by atoms with Crippen LogP contribution in [0.25, 0.3) is 11.0 Å². The summed E-state index contributed by atoms with van der Waals surface area (Å²) in [6.07, 6.45) is 0. The van der Waals surface area contributed by atoms with Crippen molar-refractivity contribution in [3.63, 3.8) is 0 Å². The molecule has 0 amide bonds. The zero-order valence-electron chi connectivity index (χ0n) is 12.2. The average molecular weight is 289 g/mol. The maximum atomic E-state index is 5.55. The summed E-state index contributed by atoms with van der Waals surface area (Å²) in [6, 6.07) is 17.3. The van der Waals surface area contributed by atoms with Gasteiger partial charge in [0.25, 0.3) is 0 Å². The number of rotatable bonds is 3. The van der Waals surface area contributed by atoms with Gasteiger partial charge >= 0.3 is 0 Å². The van der Waals surface area contributed by atoms with E-state index in [1.165, 1.54) is 0 Å². The quantitative estimate of drug-likeness (QED) is 0.753. The third-order valence-corrected chi connectivity index (χ3v) is 3.07. The molecule has 2 aromatic carbocycles. The molecule has 4 nitrogen and oxygen atoms in total. The number of nitrogens with zero attached hydrogens (tertiary/aromatic N) is 2. The number of anilines is 1. The second-order valence-electron chi connectivity index (χ2n) is 4.56. The molecule has 0 saturated carbocycles. The van der Waals surface area contributed by atoms with Crippen molar-refractivity contribution < 1.29 is 4.74 Å². The molecule has 22 heavy (non-hydrogen) atoms. The van der Waals surface area contributed by atoms with Crippen LogP contribution in [-0.2, 0) is 0 Å². The van der Waals surface area contributed by atoms with Crippen LogP contribution in [0.5, 0.6) is 5.75 Å². The number of para-hydroxylation sites is 3. The highest BCUT2D eigenvalue weighted by molar-refractivity contribution is 5.77. The number of benzene rings is 2. The molecule has 0 unspecified atom stereocenters. The predicted molar refractivity (Wildman–Crippen MR) is 87.9 cm³/mol. The summed E-state index contributed by atoms with van der Waals surface area (Å²) in [5.41, 5.74) is 2.30. The molecule has 0 saturated heterocycles. The zero-order valence-corrected chi connectivity index (χ0v) is 12.2. The normalized spacial score (nSPS) is 9.86. The van der Waals surface area contributed by atoms with Gasteiger partial charge < -0.3 is 10.1 Å². The maximum absolute atomic E-state index is 5.55. The summed E-state index contributed by atoms with van der Waals surface area (Å²) in [5, 5.41) is 3.03. The molecule has 0 atom stereocenters. The smallest absolute Gasteiger partial charge is 0.161 e. The number of hydrogen-bond acceptors (Lipinski definition) is 4. The van der Waals surface area contributed by atoms with Crippen LogP contribution in [0, 0.1) is 11.8 Å². The van der Waals surface area contributed by atoms with Crippen molar-refractivity contribution in [1.29, 1.82) is 0 Å². The first-order valence-corrected chi connectivity index (χ1v) is 6.98. The average Bonchev–Trinajstić information content (AvgIpc) is 2.59. The van der Waals surface area contributed by atoms with Crippen LogP contribution in [0.2, 0.25) is 0 Å². The molecule has 0 aliphatic heterocycles. The van der Waals surface area contributed by atoms with Crippen molar-refractivity contribution >= 4 is 16.9 Å². The number of nitrogens with one attached hydrogen (secondary N) is 1. The van der Waals surface area contributed by atoms with Crippen molar-refractivity contribution in [2.45, 2.75) is 0 Å². The van der Waals surface area contributed by atoms with E-state index in [0.717, 1.165) is 16.8 Å². The van der Waals surface area contributed by atoms with Gasteiger partial charge in [-0.1, -0.05) is 36.3 Å². The lowest BCUT2D eigenvalue weighted by Gasteiger charge is -2.04. The molecular weight excluding hydrogens is 274 g/mol. The Morgan fingerprint density at radius 3 is 2.36 bits per heavy atom. The lowest BCUT2D eigenvalue weighted by atomic mass is 10.3. The van der Waals surface area contributed by atoms with E-state index in [-0.39, 0.29) is 0 Å². The summed E-state index contributed by atoms with van der Waals surface area (Å²) < 4.78 is 5.55. The molecule has 0 spiro atoms. The Hall–Kier alpha value is -3.06. The number of aromatic nitrogens is 2. The van der Waals surface area contributed by atoms with Crippen LogP contribution in [-0.4, -0.2) is 23.6 Å². The van der Waals surface area contributed by atoms with E-state index < -0.39 is 0 Å². The van der Waals surface area contributed by atoms with Gasteiger partial charge in [-0.3, -0.25) is 0 Å². The van der Waals surface area contributed by atoms with Crippen LogP contribution < -0.4 is 10.1 Å². The molecule has 0 radical (unpaired) electrons. The van der Waals surface area contributed by atoms with Gasteiger partial charge in [-0.25, -0.2) is 9.97 Å². The second kappa shape index (κ2) is 6.59. The van der Waals surface area contributed by atoms with Gasteiger partial charge in [-0.15, -0.1) is 0 Å².